The summed E-state index contributed by atoms with van der Waals surface area (Å²) < 4.78 is 5.77. The first kappa shape index (κ1) is 20.9. The third-order valence-electron chi connectivity index (χ3n) is 4.52. The molecule has 3 rings (SSSR count). The molecule has 0 heterocycles. The van der Waals surface area contributed by atoms with Crippen molar-refractivity contribution < 1.29 is 14.3 Å². The van der Waals surface area contributed by atoms with Crippen LogP contribution in [0.4, 0.5) is 16.2 Å². The lowest BCUT2D eigenvalue weighted by Gasteiger charge is -2.12. The highest BCUT2D eigenvalue weighted by molar-refractivity contribution is 5.97. The van der Waals surface area contributed by atoms with Gasteiger partial charge in [-0.25, -0.2) is 4.79 Å². The first-order valence-electron chi connectivity index (χ1n) is 9.66. The number of benzene rings is 3. The van der Waals surface area contributed by atoms with Crippen LogP contribution in [0.5, 0.6) is 11.5 Å². The summed E-state index contributed by atoms with van der Waals surface area (Å²) in [6.45, 7) is 5.74. The molecule has 0 aliphatic carbocycles. The summed E-state index contributed by atoms with van der Waals surface area (Å²) in [6.07, 6.45) is 0. The number of nitrogens with one attached hydrogen (secondary N) is 3. The molecule has 0 aliphatic rings. The van der Waals surface area contributed by atoms with E-state index in [0.29, 0.717) is 11.4 Å². The average Bonchev–Trinajstić information content (AvgIpc) is 2.72. The number of anilines is 2. The van der Waals surface area contributed by atoms with E-state index in [9.17, 15) is 9.59 Å². The zero-order valence-electron chi connectivity index (χ0n) is 17.3. The van der Waals surface area contributed by atoms with Crippen LogP contribution in [-0.2, 0) is 4.79 Å². The third kappa shape index (κ3) is 5.85. The Bertz CT molecular complexity index is 1010. The molecule has 6 heteroatoms. The van der Waals surface area contributed by atoms with Crippen LogP contribution in [0.15, 0.2) is 66.7 Å². The Kier molecular flexibility index (Phi) is 6.70. The molecule has 3 amide bonds. The largest absolute Gasteiger partial charge is 0.457 e. The molecule has 0 unspecified atom stereocenters. The summed E-state index contributed by atoms with van der Waals surface area (Å²) in [7, 11) is 0. The van der Waals surface area contributed by atoms with Crippen LogP contribution in [0.25, 0.3) is 0 Å². The van der Waals surface area contributed by atoms with Crippen molar-refractivity contribution >= 4 is 23.3 Å². The van der Waals surface area contributed by atoms with Gasteiger partial charge in [-0.3, -0.25) is 4.79 Å². The van der Waals surface area contributed by atoms with Crippen LogP contribution in [-0.4, -0.2) is 18.5 Å². The van der Waals surface area contributed by atoms with Gasteiger partial charge in [-0.15, -0.1) is 0 Å². The fourth-order valence-electron chi connectivity index (χ4n) is 2.88. The van der Waals surface area contributed by atoms with E-state index >= 15 is 0 Å². The molecule has 6 nitrogen and oxygen atoms in total. The number of urea groups is 1. The van der Waals surface area contributed by atoms with E-state index in [1.807, 2.05) is 63.2 Å². The summed E-state index contributed by atoms with van der Waals surface area (Å²) in [5.74, 6) is 1.12. The molecule has 0 spiro atoms. The van der Waals surface area contributed by atoms with Crippen molar-refractivity contribution in [2.45, 2.75) is 20.8 Å². The van der Waals surface area contributed by atoms with Crippen LogP contribution >= 0.6 is 0 Å². The molecule has 0 aromatic heterocycles. The predicted octanol–water partition coefficient (Wildman–Crippen LogP) is 5.16. The van der Waals surface area contributed by atoms with Gasteiger partial charge in [0.05, 0.1) is 6.54 Å². The molecule has 3 aromatic carbocycles. The van der Waals surface area contributed by atoms with Crippen molar-refractivity contribution in [1.82, 2.24) is 5.32 Å². The molecule has 0 radical (unpaired) electrons. The fraction of sp³-hybridized carbons (Fsp3) is 0.167. The number of hydrogen-bond donors (Lipinski definition) is 3. The van der Waals surface area contributed by atoms with Gasteiger partial charge in [0.15, 0.2) is 0 Å². The minimum absolute atomic E-state index is 0.131. The van der Waals surface area contributed by atoms with Gasteiger partial charge in [0, 0.05) is 11.4 Å². The van der Waals surface area contributed by atoms with Crippen molar-refractivity contribution in [3.8, 4) is 11.5 Å². The number of carbonyl (C=O) groups excluding carboxylic acids is 2. The van der Waals surface area contributed by atoms with Crippen LogP contribution in [0.3, 0.4) is 0 Å². The number of ether oxygens (including phenoxy) is 1. The number of rotatable bonds is 6. The number of carbonyl (C=O) groups is 2. The number of para-hydroxylation sites is 1. The topological polar surface area (TPSA) is 79.5 Å². The predicted molar refractivity (Wildman–Crippen MR) is 119 cm³/mol. The molecule has 0 saturated heterocycles. The minimum atomic E-state index is -0.459. The Morgan fingerprint density at radius 3 is 1.93 bits per heavy atom. The van der Waals surface area contributed by atoms with Gasteiger partial charge in [-0.2, -0.15) is 0 Å². The van der Waals surface area contributed by atoms with Crippen LogP contribution in [0.2, 0.25) is 0 Å². The number of hydrogen-bond acceptors (Lipinski definition) is 3. The van der Waals surface area contributed by atoms with Crippen LogP contribution < -0.4 is 20.7 Å². The standard InChI is InChI=1S/C24H25N3O3/c1-16-7-11-20(12-8-16)30-21-13-9-19(10-14-21)26-24(29)25-15-22(28)27-23-17(2)5-4-6-18(23)3/h4-14H,15H2,1-3H3,(H,27,28)(H2,25,26,29). The third-order valence-corrected chi connectivity index (χ3v) is 4.52. The van der Waals surface area contributed by atoms with E-state index in [1.165, 1.54) is 0 Å². The van der Waals surface area contributed by atoms with E-state index in [-0.39, 0.29) is 12.5 Å². The monoisotopic (exact) mass is 403 g/mol. The highest BCUT2D eigenvalue weighted by Crippen LogP contribution is 2.23. The lowest BCUT2D eigenvalue weighted by atomic mass is 10.1. The lowest BCUT2D eigenvalue weighted by molar-refractivity contribution is -0.115. The molecular weight excluding hydrogens is 378 g/mol. The van der Waals surface area contributed by atoms with Crippen molar-refractivity contribution in [2.75, 3.05) is 17.2 Å². The fourth-order valence-corrected chi connectivity index (χ4v) is 2.88. The van der Waals surface area contributed by atoms with Gasteiger partial charge < -0.3 is 20.7 Å². The first-order valence-corrected chi connectivity index (χ1v) is 9.66. The second-order valence-electron chi connectivity index (χ2n) is 7.06. The van der Waals surface area contributed by atoms with Gasteiger partial charge in [0.25, 0.3) is 0 Å². The summed E-state index contributed by atoms with van der Waals surface area (Å²) in [6, 6.07) is 20.1. The maximum absolute atomic E-state index is 12.1. The quantitative estimate of drug-likeness (QED) is 0.532. The lowest BCUT2D eigenvalue weighted by Crippen LogP contribution is -2.36. The molecule has 0 atom stereocenters. The van der Waals surface area contributed by atoms with E-state index in [2.05, 4.69) is 16.0 Å². The Balaban J connectivity index is 1.47. The van der Waals surface area contributed by atoms with Crippen molar-refractivity contribution in [3.63, 3.8) is 0 Å². The molecule has 0 saturated carbocycles. The zero-order chi connectivity index (χ0) is 21.5. The van der Waals surface area contributed by atoms with E-state index in [4.69, 9.17) is 4.74 Å². The highest BCUT2D eigenvalue weighted by atomic mass is 16.5. The number of aryl methyl sites for hydroxylation is 3. The molecule has 0 aliphatic heterocycles. The van der Waals surface area contributed by atoms with Crippen molar-refractivity contribution in [1.29, 1.82) is 0 Å². The van der Waals surface area contributed by atoms with Gasteiger partial charge in [-0.1, -0.05) is 35.9 Å². The Hall–Kier alpha value is -3.80. The Morgan fingerprint density at radius 2 is 1.33 bits per heavy atom. The van der Waals surface area contributed by atoms with Gasteiger partial charge in [-0.05, 0) is 68.3 Å². The van der Waals surface area contributed by atoms with Crippen LogP contribution in [0.1, 0.15) is 16.7 Å². The molecule has 3 N–H and O–H groups in total. The van der Waals surface area contributed by atoms with E-state index in [1.54, 1.807) is 24.3 Å². The Labute approximate surface area is 176 Å². The first-order chi connectivity index (χ1) is 14.4. The summed E-state index contributed by atoms with van der Waals surface area (Å²) in [5.41, 5.74) is 4.48. The summed E-state index contributed by atoms with van der Waals surface area (Å²) in [4.78, 5) is 24.2. The molecule has 0 bridgehead atoms. The molecular formula is C24H25N3O3. The SMILES string of the molecule is Cc1ccc(Oc2ccc(NC(=O)NCC(=O)Nc3c(C)cccc3C)cc2)cc1. The minimum Gasteiger partial charge on any atom is -0.457 e. The average molecular weight is 403 g/mol. The normalized spacial score (nSPS) is 10.2. The molecule has 0 fully saturated rings. The molecule has 154 valence electrons. The van der Waals surface area contributed by atoms with Crippen LogP contribution in [0, 0.1) is 20.8 Å². The van der Waals surface area contributed by atoms with Gasteiger partial charge in [0.2, 0.25) is 5.91 Å². The second-order valence-corrected chi connectivity index (χ2v) is 7.06. The van der Waals surface area contributed by atoms with Gasteiger partial charge >= 0.3 is 6.03 Å². The maximum Gasteiger partial charge on any atom is 0.319 e. The maximum atomic E-state index is 12.1. The highest BCUT2D eigenvalue weighted by Gasteiger charge is 2.09. The van der Waals surface area contributed by atoms with Crippen molar-refractivity contribution in [2.24, 2.45) is 0 Å². The van der Waals surface area contributed by atoms with E-state index in [0.717, 1.165) is 28.1 Å². The van der Waals surface area contributed by atoms with Gasteiger partial charge in [0.1, 0.15) is 11.5 Å². The van der Waals surface area contributed by atoms with Crippen molar-refractivity contribution in [3.05, 3.63) is 83.4 Å². The summed E-state index contributed by atoms with van der Waals surface area (Å²) in [5, 5.41) is 8.09. The Morgan fingerprint density at radius 1 is 0.767 bits per heavy atom. The summed E-state index contributed by atoms with van der Waals surface area (Å²) >= 11 is 0. The zero-order valence-corrected chi connectivity index (χ0v) is 17.3. The molecule has 30 heavy (non-hydrogen) atoms. The van der Waals surface area contributed by atoms with E-state index < -0.39 is 6.03 Å². The number of amides is 3. The molecule has 3 aromatic rings. The second kappa shape index (κ2) is 9.60. The smallest absolute Gasteiger partial charge is 0.319 e.